The molecule has 1 atom stereocenters. The third-order valence-corrected chi connectivity index (χ3v) is 1.64. The second-order valence-corrected chi connectivity index (χ2v) is 3.09. The number of para-hydroxylation sites is 1. The normalized spacial score (nSPS) is 11.7. The molecule has 0 radical (unpaired) electrons. The first kappa shape index (κ1) is 12.2. The number of hydrogen-bond donors (Lipinski definition) is 1. The highest BCUT2D eigenvalue weighted by molar-refractivity contribution is 5.93. The van der Waals surface area contributed by atoms with Gasteiger partial charge in [0.1, 0.15) is 11.3 Å². The fourth-order valence-electron chi connectivity index (χ4n) is 1.10. The van der Waals surface area contributed by atoms with Crippen molar-refractivity contribution >= 4 is 11.9 Å². The Kier molecular flexibility index (Phi) is 4.02. The van der Waals surface area contributed by atoms with E-state index in [-0.39, 0.29) is 11.3 Å². The number of carbonyl (C=O) groups excluding carboxylic acids is 2. The minimum absolute atomic E-state index is 0.0959. The van der Waals surface area contributed by atoms with Crippen molar-refractivity contribution in [3.8, 4) is 5.75 Å². The van der Waals surface area contributed by atoms with Gasteiger partial charge in [-0.3, -0.25) is 4.79 Å². The molecule has 5 heteroatoms. The van der Waals surface area contributed by atoms with Crippen molar-refractivity contribution in [1.82, 2.24) is 0 Å². The number of benzene rings is 1. The predicted molar refractivity (Wildman–Crippen MR) is 54.8 cm³/mol. The lowest BCUT2D eigenvalue weighted by Gasteiger charge is -2.10. The Hall–Kier alpha value is -1.88. The SMILES string of the molecule is CC(=O)Oc1ccccc1C(=O)OC(C)O. The number of aliphatic hydroxyl groups is 1. The molecule has 0 aliphatic rings. The molecule has 0 fully saturated rings. The van der Waals surface area contributed by atoms with Gasteiger partial charge in [0.05, 0.1) is 0 Å². The van der Waals surface area contributed by atoms with E-state index in [4.69, 9.17) is 9.84 Å². The molecule has 0 saturated carbocycles. The van der Waals surface area contributed by atoms with Crippen molar-refractivity contribution in [3.63, 3.8) is 0 Å². The van der Waals surface area contributed by atoms with Crippen LogP contribution in [0.3, 0.4) is 0 Å². The summed E-state index contributed by atoms with van der Waals surface area (Å²) >= 11 is 0. The summed E-state index contributed by atoms with van der Waals surface area (Å²) in [5.74, 6) is -1.16. The van der Waals surface area contributed by atoms with Crippen LogP contribution in [0.25, 0.3) is 0 Å². The van der Waals surface area contributed by atoms with Crippen molar-refractivity contribution in [2.45, 2.75) is 20.1 Å². The van der Waals surface area contributed by atoms with Crippen molar-refractivity contribution in [2.24, 2.45) is 0 Å². The number of carbonyl (C=O) groups is 2. The van der Waals surface area contributed by atoms with Crippen LogP contribution in [0, 0.1) is 0 Å². The summed E-state index contributed by atoms with van der Waals surface area (Å²) in [5.41, 5.74) is 0.0959. The van der Waals surface area contributed by atoms with E-state index in [1.807, 2.05) is 0 Å². The molecule has 5 nitrogen and oxygen atoms in total. The van der Waals surface area contributed by atoms with Crippen LogP contribution < -0.4 is 4.74 Å². The first-order chi connectivity index (χ1) is 7.50. The van der Waals surface area contributed by atoms with Crippen LogP contribution >= 0.6 is 0 Å². The molecule has 1 aromatic carbocycles. The molecule has 0 spiro atoms. The highest BCUT2D eigenvalue weighted by Crippen LogP contribution is 2.19. The van der Waals surface area contributed by atoms with E-state index in [0.717, 1.165) is 0 Å². The summed E-state index contributed by atoms with van der Waals surface area (Å²) in [7, 11) is 0. The third kappa shape index (κ3) is 3.36. The molecule has 0 aliphatic carbocycles. The maximum absolute atomic E-state index is 11.5. The zero-order valence-electron chi connectivity index (χ0n) is 8.97. The van der Waals surface area contributed by atoms with E-state index in [2.05, 4.69) is 4.74 Å². The summed E-state index contributed by atoms with van der Waals surface area (Å²) in [6.07, 6.45) is -1.21. The maximum Gasteiger partial charge on any atom is 0.344 e. The first-order valence-electron chi connectivity index (χ1n) is 4.67. The van der Waals surface area contributed by atoms with Gasteiger partial charge in [-0.25, -0.2) is 4.79 Å². The fourth-order valence-corrected chi connectivity index (χ4v) is 1.10. The van der Waals surface area contributed by atoms with E-state index >= 15 is 0 Å². The quantitative estimate of drug-likeness (QED) is 0.473. The fraction of sp³-hybridized carbons (Fsp3) is 0.273. The van der Waals surface area contributed by atoms with Crippen LogP contribution in [-0.2, 0) is 9.53 Å². The van der Waals surface area contributed by atoms with Gasteiger partial charge in [0.2, 0.25) is 0 Å². The number of rotatable bonds is 3. The Labute approximate surface area is 92.6 Å². The summed E-state index contributed by atoms with van der Waals surface area (Å²) in [6, 6.07) is 6.14. The van der Waals surface area contributed by atoms with Gasteiger partial charge in [-0.2, -0.15) is 0 Å². The Bertz CT molecular complexity index is 397. The van der Waals surface area contributed by atoms with Crippen molar-refractivity contribution < 1.29 is 24.2 Å². The molecule has 0 saturated heterocycles. The minimum atomic E-state index is -1.21. The molecule has 1 aromatic rings. The van der Waals surface area contributed by atoms with Crippen LogP contribution in [0.5, 0.6) is 5.75 Å². The lowest BCUT2D eigenvalue weighted by molar-refractivity contribution is -0.131. The molecule has 1 N–H and O–H groups in total. The molecule has 86 valence electrons. The molecule has 0 aromatic heterocycles. The standard InChI is InChI=1S/C11H12O5/c1-7(12)15-10-6-4-3-5-9(10)11(14)16-8(2)13/h3-6,8,13H,1-2H3. The highest BCUT2D eigenvalue weighted by Gasteiger charge is 2.16. The minimum Gasteiger partial charge on any atom is -0.433 e. The van der Waals surface area contributed by atoms with Gasteiger partial charge < -0.3 is 14.6 Å². The van der Waals surface area contributed by atoms with E-state index in [1.165, 1.54) is 26.0 Å². The van der Waals surface area contributed by atoms with Crippen molar-refractivity contribution in [1.29, 1.82) is 0 Å². The van der Waals surface area contributed by atoms with Gasteiger partial charge >= 0.3 is 11.9 Å². The van der Waals surface area contributed by atoms with Gasteiger partial charge in [0, 0.05) is 6.92 Å². The average Bonchev–Trinajstić information content (AvgIpc) is 2.16. The summed E-state index contributed by atoms with van der Waals surface area (Å²) < 4.78 is 9.41. The molecule has 0 aliphatic heterocycles. The van der Waals surface area contributed by atoms with E-state index in [1.54, 1.807) is 12.1 Å². The van der Waals surface area contributed by atoms with Gasteiger partial charge in [0.15, 0.2) is 6.29 Å². The topological polar surface area (TPSA) is 72.8 Å². The zero-order chi connectivity index (χ0) is 12.1. The molecule has 0 heterocycles. The van der Waals surface area contributed by atoms with E-state index in [0.29, 0.717) is 0 Å². The maximum atomic E-state index is 11.5. The Morgan fingerprint density at radius 3 is 2.50 bits per heavy atom. The van der Waals surface area contributed by atoms with Crippen molar-refractivity contribution in [3.05, 3.63) is 29.8 Å². The zero-order valence-corrected chi connectivity index (χ0v) is 8.97. The lowest BCUT2D eigenvalue weighted by atomic mass is 10.2. The predicted octanol–water partition coefficient (Wildman–Crippen LogP) is 1.11. The number of esters is 2. The average molecular weight is 224 g/mol. The summed E-state index contributed by atoms with van der Waals surface area (Å²) in [6.45, 7) is 2.54. The lowest BCUT2D eigenvalue weighted by Crippen LogP contribution is -2.15. The highest BCUT2D eigenvalue weighted by atomic mass is 16.6. The second-order valence-electron chi connectivity index (χ2n) is 3.09. The van der Waals surface area contributed by atoms with Gasteiger partial charge in [-0.15, -0.1) is 0 Å². The van der Waals surface area contributed by atoms with E-state index in [9.17, 15) is 9.59 Å². The summed E-state index contributed by atoms with van der Waals surface area (Å²) in [4.78, 5) is 22.3. The van der Waals surface area contributed by atoms with Gasteiger partial charge in [0.25, 0.3) is 0 Å². The van der Waals surface area contributed by atoms with Gasteiger partial charge in [-0.05, 0) is 19.1 Å². The third-order valence-electron chi connectivity index (χ3n) is 1.64. The monoisotopic (exact) mass is 224 g/mol. The van der Waals surface area contributed by atoms with E-state index < -0.39 is 18.2 Å². The molecule has 0 bridgehead atoms. The number of hydrogen-bond acceptors (Lipinski definition) is 5. The van der Waals surface area contributed by atoms with Crippen LogP contribution in [0.15, 0.2) is 24.3 Å². The Morgan fingerprint density at radius 2 is 1.94 bits per heavy atom. The second kappa shape index (κ2) is 5.27. The number of aliphatic hydroxyl groups excluding tert-OH is 1. The summed E-state index contributed by atoms with van der Waals surface area (Å²) in [5, 5.41) is 8.91. The van der Waals surface area contributed by atoms with Crippen LogP contribution in [-0.4, -0.2) is 23.3 Å². The van der Waals surface area contributed by atoms with Crippen LogP contribution in [0.1, 0.15) is 24.2 Å². The smallest absolute Gasteiger partial charge is 0.344 e. The van der Waals surface area contributed by atoms with Crippen molar-refractivity contribution in [2.75, 3.05) is 0 Å². The molecule has 0 amide bonds. The largest absolute Gasteiger partial charge is 0.433 e. The Morgan fingerprint density at radius 1 is 1.31 bits per heavy atom. The first-order valence-corrected chi connectivity index (χ1v) is 4.67. The van der Waals surface area contributed by atoms with Crippen LogP contribution in [0.4, 0.5) is 0 Å². The molecule has 1 unspecified atom stereocenters. The Balaban J connectivity index is 2.94. The van der Waals surface area contributed by atoms with Crippen LogP contribution in [0.2, 0.25) is 0 Å². The number of ether oxygens (including phenoxy) is 2. The molecule has 16 heavy (non-hydrogen) atoms. The molecular formula is C11H12O5. The molecule has 1 rings (SSSR count). The van der Waals surface area contributed by atoms with Gasteiger partial charge in [-0.1, -0.05) is 12.1 Å². The molecular weight excluding hydrogens is 212 g/mol.